The van der Waals surface area contributed by atoms with E-state index in [0.29, 0.717) is 6.42 Å². The fourth-order valence-electron chi connectivity index (χ4n) is 6.38. The fraction of sp³-hybridized carbons (Fsp3) is 0.870. The molecule has 0 aromatic rings. The van der Waals surface area contributed by atoms with Crippen LogP contribution in [0.4, 0.5) is 0 Å². The third kappa shape index (κ3) is 3.80. The number of carbonyl (C=O) groups is 3. The van der Waals surface area contributed by atoms with Gasteiger partial charge in [-0.2, -0.15) is 0 Å². The molecule has 0 radical (unpaired) electrons. The van der Waals surface area contributed by atoms with E-state index in [-0.39, 0.29) is 53.0 Å². The Balaban J connectivity index is 1.73. The van der Waals surface area contributed by atoms with Crippen LogP contribution in [-0.4, -0.2) is 74.0 Å². The number of amides is 2. The lowest BCUT2D eigenvalue weighted by atomic mass is 9.71. The second-order valence-corrected chi connectivity index (χ2v) is 12.7. The van der Waals surface area contributed by atoms with Gasteiger partial charge in [-0.25, -0.2) is 0 Å². The van der Waals surface area contributed by atoms with Crippen LogP contribution in [-0.2, 0) is 19.1 Å². The Hall–Kier alpha value is -0.800. The van der Waals surface area contributed by atoms with Crippen LogP contribution in [0.5, 0.6) is 0 Å². The van der Waals surface area contributed by atoms with E-state index in [9.17, 15) is 19.5 Å². The summed E-state index contributed by atoms with van der Waals surface area (Å²) in [4.78, 5) is 42.3. The summed E-state index contributed by atoms with van der Waals surface area (Å²) in [5, 5.41) is 13.4. The standard InChI is InChI=1S/C23H35BrN2O5S/c1-4-31-22(30)16-17-21(29)26(15(11-27)12(2)3)19(23(17)10-14(24)18(16)32-23)20(28)25-13-8-6-5-7-9-13/h12-19,27H,4-11H2,1-3H3,(H,25,28)/t14?,15-,16-,17-,18-,19?,23?/m0/s1. The van der Waals surface area contributed by atoms with Crippen LogP contribution in [0.15, 0.2) is 0 Å². The molecule has 0 aromatic carbocycles. The molecule has 2 bridgehead atoms. The Morgan fingerprint density at radius 2 is 2.00 bits per heavy atom. The van der Waals surface area contributed by atoms with Crippen molar-refractivity contribution < 1.29 is 24.2 Å². The topological polar surface area (TPSA) is 95.9 Å². The van der Waals surface area contributed by atoms with Crippen LogP contribution in [0.25, 0.3) is 0 Å². The van der Waals surface area contributed by atoms with Crippen molar-refractivity contribution in [3.8, 4) is 0 Å². The fourth-order valence-corrected chi connectivity index (χ4v) is 9.97. The molecule has 3 saturated heterocycles. The number of ether oxygens (including phenoxy) is 1. The van der Waals surface area contributed by atoms with Gasteiger partial charge in [-0.1, -0.05) is 49.0 Å². The third-order valence-corrected chi connectivity index (χ3v) is 11.0. The smallest absolute Gasteiger partial charge is 0.310 e. The van der Waals surface area contributed by atoms with Gasteiger partial charge in [-0.3, -0.25) is 14.4 Å². The summed E-state index contributed by atoms with van der Waals surface area (Å²) in [6.45, 7) is 5.72. The number of thioether (sulfide) groups is 1. The van der Waals surface area contributed by atoms with Gasteiger partial charge in [-0.15, -0.1) is 11.8 Å². The van der Waals surface area contributed by atoms with Crippen LogP contribution in [0.1, 0.15) is 59.3 Å². The third-order valence-electron chi connectivity index (χ3n) is 7.80. The SMILES string of the molecule is CCOC(=O)[C@H]1[C@H]2C(=O)N([C@@H](CO)C(C)C)C(C(=O)NC3CCCCC3)C23CC(Br)[C@@H]1S3. The van der Waals surface area contributed by atoms with E-state index >= 15 is 0 Å². The molecule has 1 aliphatic carbocycles. The Kier molecular flexibility index (Phi) is 7.18. The van der Waals surface area contributed by atoms with E-state index in [2.05, 4.69) is 21.2 Å². The van der Waals surface area contributed by atoms with Crippen molar-refractivity contribution in [2.24, 2.45) is 17.8 Å². The van der Waals surface area contributed by atoms with E-state index < -0.39 is 28.7 Å². The number of fused-ring (bicyclic) bond motifs is 1. The van der Waals surface area contributed by atoms with Crippen LogP contribution in [0.3, 0.4) is 0 Å². The summed E-state index contributed by atoms with van der Waals surface area (Å²) in [7, 11) is 0. The Morgan fingerprint density at radius 3 is 2.59 bits per heavy atom. The monoisotopic (exact) mass is 530 g/mol. The first-order valence-corrected chi connectivity index (χ1v) is 13.8. The van der Waals surface area contributed by atoms with Gasteiger partial charge < -0.3 is 20.1 Å². The Bertz CT molecular complexity index is 761. The number of halogens is 1. The second-order valence-electron chi connectivity index (χ2n) is 10.00. The van der Waals surface area contributed by atoms with E-state index in [1.54, 1.807) is 23.6 Å². The highest BCUT2D eigenvalue weighted by atomic mass is 79.9. The minimum atomic E-state index is -0.698. The van der Waals surface area contributed by atoms with E-state index in [4.69, 9.17) is 4.74 Å². The van der Waals surface area contributed by atoms with Gasteiger partial charge >= 0.3 is 5.97 Å². The highest BCUT2D eigenvalue weighted by Gasteiger charge is 2.76. The lowest BCUT2D eigenvalue weighted by Crippen LogP contribution is -2.59. The Morgan fingerprint density at radius 1 is 1.31 bits per heavy atom. The van der Waals surface area contributed by atoms with Crippen LogP contribution in [0, 0.1) is 17.8 Å². The Labute approximate surface area is 202 Å². The molecule has 4 fully saturated rings. The number of carbonyl (C=O) groups excluding carboxylic acids is 3. The summed E-state index contributed by atoms with van der Waals surface area (Å²) in [5.74, 6) is -1.87. The first-order chi connectivity index (χ1) is 15.3. The predicted molar refractivity (Wildman–Crippen MR) is 126 cm³/mol. The molecule has 3 aliphatic heterocycles. The molecule has 7 atom stereocenters. The number of alkyl halides is 1. The largest absolute Gasteiger partial charge is 0.466 e. The molecular weight excluding hydrogens is 496 g/mol. The maximum atomic E-state index is 13.9. The van der Waals surface area contributed by atoms with E-state index in [0.717, 1.165) is 25.7 Å². The zero-order valence-electron chi connectivity index (χ0n) is 19.1. The summed E-state index contributed by atoms with van der Waals surface area (Å²) in [6, 6.07) is -1.05. The van der Waals surface area contributed by atoms with Gasteiger partial charge in [0.25, 0.3) is 0 Å². The van der Waals surface area contributed by atoms with Gasteiger partial charge in [-0.05, 0) is 32.1 Å². The molecule has 2 N–H and O–H groups in total. The van der Waals surface area contributed by atoms with Crippen LogP contribution >= 0.6 is 27.7 Å². The molecule has 7 nitrogen and oxygen atoms in total. The predicted octanol–water partition coefficient (Wildman–Crippen LogP) is 2.48. The highest BCUT2D eigenvalue weighted by Crippen LogP contribution is 2.68. The average Bonchev–Trinajstić information content (AvgIpc) is 3.33. The molecule has 4 aliphatic rings. The first-order valence-electron chi connectivity index (χ1n) is 12.0. The number of hydrogen-bond donors (Lipinski definition) is 2. The number of esters is 1. The lowest BCUT2D eigenvalue weighted by molar-refractivity contribution is -0.154. The quantitative estimate of drug-likeness (QED) is 0.387. The van der Waals surface area contributed by atoms with Gasteiger partial charge in [0.2, 0.25) is 11.8 Å². The molecule has 3 heterocycles. The van der Waals surface area contributed by atoms with Crippen molar-refractivity contribution in [3.63, 3.8) is 0 Å². The molecule has 1 spiro atoms. The van der Waals surface area contributed by atoms with Crippen LogP contribution < -0.4 is 5.32 Å². The van der Waals surface area contributed by atoms with Gasteiger partial charge in [0.05, 0.1) is 35.8 Å². The van der Waals surface area contributed by atoms with Crippen molar-refractivity contribution in [2.75, 3.05) is 13.2 Å². The van der Waals surface area contributed by atoms with Crippen LogP contribution in [0.2, 0.25) is 0 Å². The molecule has 2 amide bonds. The summed E-state index contributed by atoms with van der Waals surface area (Å²) in [5.41, 5.74) is 0. The molecule has 32 heavy (non-hydrogen) atoms. The number of aliphatic hydroxyl groups excluding tert-OH is 1. The number of likely N-dealkylation sites (tertiary alicyclic amines) is 1. The number of nitrogens with zero attached hydrogens (tertiary/aromatic N) is 1. The summed E-state index contributed by atoms with van der Waals surface area (Å²) in [6.07, 6.45) is 5.95. The summed E-state index contributed by atoms with van der Waals surface area (Å²) >= 11 is 5.36. The number of aliphatic hydroxyl groups is 1. The minimum Gasteiger partial charge on any atom is -0.466 e. The highest BCUT2D eigenvalue weighted by molar-refractivity contribution is 9.09. The molecule has 180 valence electrons. The average molecular weight is 532 g/mol. The number of hydrogen-bond acceptors (Lipinski definition) is 6. The zero-order chi connectivity index (χ0) is 23.2. The van der Waals surface area contributed by atoms with Gasteiger partial charge in [0.1, 0.15) is 6.04 Å². The number of nitrogens with one attached hydrogen (secondary N) is 1. The molecule has 3 unspecified atom stereocenters. The van der Waals surface area contributed by atoms with Crippen molar-refractivity contribution in [1.82, 2.24) is 10.2 Å². The maximum Gasteiger partial charge on any atom is 0.310 e. The summed E-state index contributed by atoms with van der Waals surface area (Å²) < 4.78 is 4.69. The van der Waals surface area contributed by atoms with Gasteiger partial charge in [0.15, 0.2) is 0 Å². The second kappa shape index (κ2) is 9.45. The molecular formula is C23H35BrN2O5S. The number of rotatable bonds is 7. The first kappa shape index (κ1) is 24.3. The van der Waals surface area contributed by atoms with Crippen molar-refractivity contribution in [2.45, 2.75) is 92.2 Å². The molecule has 4 rings (SSSR count). The van der Waals surface area contributed by atoms with E-state index in [1.807, 2.05) is 13.8 Å². The molecule has 1 saturated carbocycles. The molecule has 9 heteroatoms. The molecule has 0 aromatic heterocycles. The normalized spacial score (nSPS) is 37.6. The maximum absolute atomic E-state index is 13.9. The lowest BCUT2D eigenvalue weighted by Gasteiger charge is -2.39. The van der Waals surface area contributed by atoms with Crippen molar-refractivity contribution in [3.05, 3.63) is 0 Å². The van der Waals surface area contributed by atoms with Crippen molar-refractivity contribution >= 4 is 45.5 Å². The van der Waals surface area contributed by atoms with Crippen molar-refractivity contribution in [1.29, 1.82) is 0 Å². The minimum absolute atomic E-state index is 0.0211. The zero-order valence-corrected chi connectivity index (χ0v) is 21.5. The van der Waals surface area contributed by atoms with Gasteiger partial charge in [0, 0.05) is 16.1 Å². The van der Waals surface area contributed by atoms with E-state index in [1.165, 1.54) is 6.42 Å².